The van der Waals surface area contributed by atoms with Gasteiger partial charge < -0.3 is 4.74 Å². The number of halogens is 1. The third kappa shape index (κ3) is 3.91. The van der Waals surface area contributed by atoms with E-state index in [1.165, 1.54) is 0 Å². The number of nitrogens with one attached hydrogen (secondary N) is 2. The monoisotopic (exact) mass is 314 g/mol. The molecule has 1 fully saturated rings. The molecule has 8 heteroatoms. The first-order chi connectivity index (χ1) is 7.48. The molecule has 0 saturated heterocycles. The van der Waals surface area contributed by atoms with E-state index in [1.807, 2.05) is 0 Å². The molecular weight excluding hydrogens is 300 g/mol. The summed E-state index contributed by atoms with van der Waals surface area (Å²) in [6.07, 6.45) is 1.78. The van der Waals surface area contributed by atoms with Crippen molar-refractivity contribution in [3.05, 3.63) is 0 Å². The summed E-state index contributed by atoms with van der Waals surface area (Å²) in [5, 5.41) is 0.748. The summed E-state index contributed by atoms with van der Waals surface area (Å²) in [7, 11) is -2.70. The van der Waals surface area contributed by atoms with Crippen molar-refractivity contribution in [2.45, 2.75) is 25.3 Å². The van der Waals surface area contributed by atoms with Crippen molar-refractivity contribution in [3.63, 3.8) is 0 Å². The fraction of sp³-hybridized carbons (Fsp3) is 0.875. The molecule has 0 spiro atoms. The van der Waals surface area contributed by atoms with E-state index in [4.69, 9.17) is 0 Å². The van der Waals surface area contributed by atoms with E-state index in [0.29, 0.717) is 0 Å². The molecule has 0 radical (unpaired) electrons. The largest absolute Gasteiger partial charge is 0.452 e. The van der Waals surface area contributed by atoms with Crippen molar-refractivity contribution in [2.24, 2.45) is 5.92 Å². The average Bonchev–Trinajstić information content (AvgIpc) is 2.63. The summed E-state index contributed by atoms with van der Waals surface area (Å²) in [6, 6.07) is -0.124. The number of hydrogen-bond donors (Lipinski definition) is 2. The second-order valence-corrected chi connectivity index (χ2v) is 5.76. The predicted molar refractivity (Wildman–Crippen MR) is 62.5 cm³/mol. The summed E-state index contributed by atoms with van der Waals surface area (Å²) in [6.45, 7) is 0. The van der Waals surface area contributed by atoms with Gasteiger partial charge >= 0.3 is 16.3 Å². The Morgan fingerprint density at radius 2 is 2.19 bits per heavy atom. The maximum Gasteiger partial charge on any atom is 0.421 e. The highest BCUT2D eigenvalue weighted by Gasteiger charge is 2.30. The topological polar surface area (TPSA) is 84.5 Å². The van der Waals surface area contributed by atoms with Gasteiger partial charge in [-0.3, -0.25) is 0 Å². The molecular formula is C8H15BrN2O4S. The first-order valence-electron chi connectivity index (χ1n) is 4.92. The van der Waals surface area contributed by atoms with Gasteiger partial charge in [0.15, 0.2) is 0 Å². The Hall–Kier alpha value is -0.340. The minimum Gasteiger partial charge on any atom is -0.452 e. The zero-order valence-electron chi connectivity index (χ0n) is 8.90. The van der Waals surface area contributed by atoms with Gasteiger partial charge in [-0.15, -0.1) is 0 Å². The van der Waals surface area contributed by atoms with Crippen LogP contribution in [-0.2, 0) is 14.9 Å². The first kappa shape index (κ1) is 13.7. The lowest BCUT2D eigenvalue weighted by Gasteiger charge is -2.18. The van der Waals surface area contributed by atoms with Gasteiger partial charge in [0.2, 0.25) is 0 Å². The number of alkyl halides is 1. The van der Waals surface area contributed by atoms with Crippen LogP contribution in [-0.4, -0.2) is 33.0 Å². The minimum absolute atomic E-state index is 0.124. The van der Waals surface area contributed by atoms with Crippen molar-refractivity contribution in [1.29, 1.82) is 0 Å². The highest BCUT2D eigenvalue weighted by atomic mass is 79.9. The molecule has 2 N–H and O–H groups in total. The van der Waals surface area contributed by atoms with Gasteiger partial charge in [0, 0.05) is 11.4 Å². The second-order valence-electron chi connectivity index (χ2n) is 3.67. The number of carbonyl (C=O) groups is 1. The third-order valence-corrected chi connectivity index (χ3v) is 4.45. The minimum atomic E-state index is -3.81. The van der Waals surface area contributed by atoms with Gasteiger partial charge in [-0.05, 0) is 18.8 Å². The fourth-order valence-corrected chi connectivity index (χ4v) is 3.60. The number of amides is 1. The summed E-state index contributed by atoms with van der Waals surface area (Å²) in [5.41, 5.74) is 0. The van der Waals surface area contributed by atoms with Crippen molar-refractivity contribution < 1.29 is 17.9 Å². The number of carbonyl (C=O) groups excluding carboxylic acids is 1. The van der Waals surface area contributed by atoms with E-state index in [0.717, 1.165) is 31.7 Å². The lowest BCUT2D eigenvalue weighted by atomic mass is 10.1. The zero-order valence-corrected chi connectivity index (χ0v) is 11.3. The van der Waals surface area contributed by atoms with Gasteiger partial charge in [-0.25, -0.2) is 9.52 Å². The Balaban J connectivity index is 2.55. The molecule has 2 atom stereocenters. The van der Waals surface area contributed by atoms with Gasteiger partial charge in [-0.1, -0.05) is 22.4 Å². The number of ether oxygens (including phenoxy) is 1. The molecule has 0 aliphatic heterocycles. The molecule has 1 aliphatic rings. The van der Waals surface area contributed by atoms with Crippen LogP contribution < -0.4 is 9.44 Å². The smallest absolute Gasteiger partial charge is 0.421 e. The molecule has 0 bridgehead atoms. The van der Waals surface area contributed by atoms with E-state index < -0.39 is 16.3 Å². The van der Waals surface area contributed by atoms with Crippen LogP contribution in [0.25, 0.3) is 0 Å². The normalized spacial score (nSPS) is 25.4. The van der Waals surface area contributed by atoms with Crippen molar-refractivity contribution in [3.8, 4) is 0 Å². The lowest BCUT2D eigenvalue weighted by molar-refractivity contribution is 0.177. The maximum absolute atomic E-state index is 11.5. The zero-order chi connectivity index (χ0) is 12.2. The second kappa shape index (κ2) is 5.83. The highest BCUT2D eigenvalue weighted by molar-refractivity contribution is 9.09. The number of rotatable bonds is 4. The average molecular weight is 315 g/mol. The van der Waals surface area contributed by atoms with E-state index in [2.05, 4.69) is 25.4 Å². The molecule has 1 saturated carbocycles. The molecule has 1 amide bonds. The molecule has 0 aromatic rings. The Morgan fingerprint density at radius 1 is 1.50 bits per heavy atom. The van der Waals surface area contributed by atoms with Crippen molar-refractivity contribution in [1.82, 2.24) is 9.44 Å². The maximum atomic E-state index is 11.5. The van der Waals surface area contributed by atoms with Crippen LogP contribution in [0.4, 0.5) is 4.79 Å². The summed E-state index contributed by atoms with van der Waals surface area (Å²) in [5.74, 6) is 0.272. The number of methoxy groups -OCH3 is 1. The summed E-state index contributed by atoms with van der Waals surface area (Å²) >= 11 is 3.34. The van der Waals surface area contributed by atoms with Gasteiger partial charge in [-0.2, -0.15) is 13.1 Å². The number of hydrogen-bond acceptors (Lipinski definition) is 4. The molecule has 0 heterocycles. The van der Waals surface area contributed by atoms with Crippen LogP contribution in [0.15, 0.2) is 0 Å². The predicted octanol–water partition coefficient (Wildman–Crippen LogP) is 0.740. The van der Waals surface area contributed by atoms with E-state index in [1.54, 1.807) is 4.72 Å². The molecule has 6 nitrogen and oxygen atoms in total. The highest BCUT2D eigenvalue weighted by Crippen LogP contribution is 2.27. The Labute approximate surface area is 103 Å². The molecule has 2 unspecified atom stereocenters. The quantitative estimate of drug-likeness (QED) is 0.750. The Kier molecular flexibility index (Phi) is 5.00. The van der Waals surface area contributed by atoms with Crippen LogP contribution in [0.5, 0.6) is 0 Å². The van der Waals surface area contributed by atoms with E-state index in [-0.39, 0.29) is 12.0 Å². The fourth-order valence-electron chi connectivity index (χ4n) is 1.76. The Morgan fingerprint density at radius 3 is 2.75 bits per heavy atom. The molecule has 94 valence electrons. The molecule has 1 aliphatic carbocycles. The van der Waals surface area contributed by atoms with Crippen LogP contribution in [0.3, 0.4) is 0 Å². The molecule has 1 rings (SSSR count). The Bertz CT molecular complexity index is 346. The van der Waals surface area contributed by atoms with Gasteiger partial charge in [0.1, 0.15) is 0 Å². The lowest BCUT2D eigenvalue weighted by Crippen LogP contribution is -2.46. The summed E-state index contributed by atoms with van der Waals surface area (Å²) in [4.78, 5) is 10.8. The molecule has 16 heavy (non-hydrogen) atoms. The van der Waals surface area contributed by atoms with Crippen LogP contribution in [0.2, 0.25) is 0 Å². The van der Waals surface area contributed by atoms with Crippen molar-refractivity contribution in [2.75, 3.05) is 12.4 Å². The van der Waals surface area contributed by atoms with E-state index in [9.17, 15) is 13.2 Å². The molecule has 0 aromatic carbocycles. The standard InChI is InChI=1S/C8H15BrN2O4S/c1-15-8(12)11-16(13,14)10-7-4-2-3-6(7)5-9/h6-7,10H,2-5H2,1H3,(H,11,12). The van der Waals surface area contributed by atoms with E-state index >= 15 is 0 Å². The van der Waals surface area contributed by atoms with Crippen LogP contribution >= 0.6 is 15.9 Å². The molecule has 0 aromatic heterocycles. The van der Waals surface area contributed by atoms with Crippen molar-refractivity contribution >= 4 is 32.2 Å². The van der Waals surface area contributed by atoms with Gasteiger partial charge in [0.05, 0.1) is 7.11 Å². The third-order valence-electron chi connectivity index (χ3n) is 2.57. The summed E-state index contributed by atoms with van der Waals surface area (Å²) < 4.78 is 31.4. The first-order valence-corrected chi connectivity index (χ1v) is 7.53. The van der Waals surface area contributed by atoms with Crippen LogP contribution in [0.1, 0.15) is 19.3 Å². The SMILES string of the molecule is COC(=O)NS(=O)(=O)NC1CCCC1CBr. The van der Waals surface area contributed by atoms with Gasteiger partial charge in [0.25, 0.3) is 0 Å². The van der Waals surface area contributed by atoms with Crippen LogP contribution in [0, 0.1) is 5.92 Å².